The molecular weight excluding hydrogens is 200 g/mol. The Hall–Kier alpha value is 0.617. The van der Waals surface area contributed by atoms with Crippen LogP contribution in [0.3, 0.4) is 0 Å². The van der Waals surface area contributed by atoms with E-state index >= 15 is 0 Å². The van der Waals surface area contributed by atoms with Crippen LogP contribution in [0.1, 0.15) is 6.42 Å². The number of rotatable bonds is 4. The van der Waals surface area contributed by atoms with Crippen molar-refractivity contribution in [2.45, 2.75) is 11.8 Å². The number of methoxy groups -OCH3 is 2. The standard InChI is InChI=1S/C5H13BrO2Si/c1-7-5(9,8-2)3-4-6/h3-4H2,1-2,9H3. The minimum Gasteiger partial charge on any atom is -0.358 e. The van der Waals surface area contributed by atoms with Crippen LogP contribution in [-0.4, -0.2) is 35.2 Å². The van der Waals surface area contributed by atoms with Gasteiger partial charge < -0.3 is 9.47 Å². The average molecular weight is 213 g/mol. The molecule has 0 atom stereocenters. The van der Waals surface area contributed by atoms with Crippen molar-refractivity contribution in [1.82, 2.24) is 0 Å². The quantitative estimate of drug-likeness (QED) is 0.374. The zero-order valence-corrected chi connectivity index (χ0v) is 9.69. The molecular formula is C5H13BrO2Si. The smallest absolute Gasteiger partial charge is 0.141 e. The van der Waals surface area contributed by atoms with Gasteiger partial charge in [0, 0.05) is 26.0 Å². The summed E-state index contributed by atoms with van der Waals surface area (Å²) in [5.41, 5.74) is -0.274. The zero-order chi connectivity index (χ0) is 7.33. The molecule has 0 saturated heterocycles. The van der Waals surface area contributed by atoms with Gasteiger partial charge in [-0.3, -0.25) is 0 Å². The molecule has 0 fully saturated rings. The van der Waals surface area contributed by atoms with E-state index in [0.717, 1.165) is 22.0 Å². The molecule has 0 aromatic heterocycles. The number of ether oxygens (including phenoxy) is 2. The molecule has 0 amide bonds. The summed E-state index contributed by atoms with van der Waals surface area (Å²) in [5, 5.41) is 0.929. The van der Waals surface area contributed by atoms with Gasteiger partial charge in [0.15, 0.2) is 0 Å². The van der Waals surface area contributed by atoms with Crippen LogP contribution in [0.15, 0.2) is 0 Å². The zero-order valence-electron chi connectivity index (χ0n) is 6.11. The average Bonchev–Trinajstić information content (AvgIpc) is 1.89. The van der Waals surface area contributed by atoms with Crippen molar-refractivity contribution >= 4 is 26.2 Å². The van der Waals surface area contributed by atoms with Crippen LogP contribution in [0, 0.1) is 0 Å². The van der Waals surface area contributed by atoms with E-state index in [0.29, 0.717) is 0 Å². The lowest BCUT2D eigenvalue weighted by Gasteiger charge is -2.25. The molecule has 0 heterocycles. The molecule has 0 unspecified atom stereocenters. The highest BCUT2D eigenvalue weighted by molar-refractivity contribution is 9.09. The van der Waals surface area contributed by atoms with E-state index in [9.17, 15) is 0 Å². The molecule has 0 aliphatic heterocycles. The first kappa shape index (κ1) is 9.62. The first-order valence-electron chi connectivity index (χ1n) is 2.85. The van der Waals surface area contributed by atoms with Crippen molar-refractivity contribution in [3.8, 4) is 0 Å². The highest BCUT2D eigenvalue weighted by Crippen LogP contribution is 2.11. The number of halogens is 1. The largest absolute Gasteiger partial charge is 0.358 e. The Kier molecular flexibility index (Phi) is 4.74. The van der Waals surface area contributed by atoms with Crippen molar-refractivity contribution in [3.05, 3.63) is 0 Å². The van der Waals surface area contributed by atoms with Gasteiger partial charge >= 0.3 is 0 Å². The summed E-state index contributed by atoms with van der Waals surface area (Å²) in [6.45, 7) is 0. The maximum atomic E-state index is 5.14. The fourth-order valence-electron chi connectivity index (χ4n) is 0.459. The molecule has 0 aliphatic rings. The summed E-state index contributed by atoms with van der Waals surface area (Å²) in [6, 6.07) is 0. The van der Waals surface area contributed by atoms with Gasteiger partial charge in [0.05, 0.1) is 10.2 Å². The van der Waals surface area contributed by atoms with Crippen molar-refractivity contribution in [2.24, 2.45) is 0 Å². The second kappa shape index (κ2) is 4.44. The molecule has 0 bridgehead atoms. The van der Waals surface area contributed by atoms with Crippen LogP contribution in [-0.2, 0) is 9.47 Å². The van der Waals surface area contributed by atoms with E-state index in [-0.39, 0.29) is 5.41 Å². The topological polar surface area (TPSA) is 18.5 Å². The molecule has 0 saturated carbocycles. The van der Waals surface area contributed by atoms with Crippen LogP contribution in [0.25, 0.3) is 0 Å². The van der Waals surface area contributed by atoms with Crippen LogP contribution in [0.5, 0.6) is 0 Å². The lowest BCUT2D eigenvalue weighted by atomic mass is 10.5. The Bertz CT molecular complexity index is 75.4. The molecule has 0 aromatic carbocycles. The summed E-state index contributed by atoms with van der Waals surface area (Å²) in [5.74, 6) is 0. The predicted molar refractivity (Wildman–Crippen MR) is 45.1 cm³/mol. The van der Waals surface area contributed by atoms with E-state index in [1.807, 2.05) is 0 Å². The number of alkyl halides is 1. The third kappa shape index (κ3) is 3.35. The van der Waals surface area contributed by atoms with Gasteiger partial charge in [-0.05, 0) is 0 Å². The summed E-state index contributed by atoms with van der Waals surface area (Å²) in [7, 11) is 4.26. The molecule has 9 heavy (non-hydrogen) atoms. The monoisotopic (exact) mass is 212 g/mol. The molecule has 56 valence electrons. The van der Waals surface area contributed by atoms with Gasteiger partial charge in [-0.15, -0.1) is 0 Å². The third-order valence-corrected chi connectivity index (χ3v) is 3.13. The third-order valence-electron chi connectivity index (χ3n) is 1.41. The van der Waals surface area contributed by atoms with Crippen molar-refractivity contribution in [3.63, 3.8) is 0 Å². The normalized spacial score (nSPS) is 12.3. The van der Waals surface area contributed by atoms with Crippen LogP contribution in [0.2, 0.25) is 0 Å². The highest BCUT2D eigenvalue weighted by atomic mass is 79.9. The van der Waals surface area contributed by atoms with Crippen molar-refractivity contribution in [1.29, 1.82) is 0 Å². The molecule has 2 nitrogen and oxygen atoms in total. The Morgan fingerprint density at radius 2 is 1.89 bits per heavy atom. The first-order valence-corrected chi connectivity index (χ1v) is 4.97. The van der Waals surface area contributed by atoms with E-state index < -0.39 is 0 Å². The van der Waals surface area contributed by atoms with Crippen molar-refractivity contribution in [2.75, 3.05) is 19.5 Å². The maximum Gasteiger partial charge on any atom is 0.141 e. The van der Waals surface area contributed by atoms with E-state index in [1.54, 1.807) is 14.2 Å². The van der Waals surface area contributed by atoms with E-state index in [2.05, 4.69) is 15.9 Å². The minimum absolute atomic E-state index is 0.274. The molecule has 0 radical (unpaired) electrons. The Balaban J connectivity index is 3.62. The van der Waals surface area contributed by atoms with Crippen LogP contribution < -0.4 is 0 Å². The first-order chi connectivity index (χ1) is 4.18. The Morgan fingerprint density at radius 1 is 1.44 bits per heavy atom. The molecule has 4 heteroatoms. The lowest BCUT2D eigenvalue weighted by molar-refractivity contribution is -0.142. The summed E-state index contributed by atoms with van der Waals surface area (Å²) in [4.78, 5) is 0. The number of hydrogen-bond donors (Lipinski definition) is 0. The predicted octanol–water partition coefficient (Wildman–Crippen LogP) is 0.0834. The second-order valence-electron chi connectivity index (χ2n) is 1.98. The lowest BCUT2D eigenvalue weighted by Crippen LogP contribution is -2.34. The van der Waals surface area contributed by atoms with Crippen LogP contribution >= 0.6 is 15.9 Å². The van der Waals surface area contributed by atoms with Crippen molar-refractivity contribution < 1.29 is 9.47 Å². The Morgan fingerprint density at radius 3 is 2.00 bits per heavy atom. The molecule has 0 rings (SSSR count). The fraction of sp³-hybridized carbons (Fsp3) is 1.00. The minimum atomic E-state index is -0.274. The molecule has 0 aromatic rings. The Labute approximate surface area is 67.5 Å². The van der Waals surface area contributed by atoms with E-state index in [4.69, 9.17) is 9.47 Å². The van der Waals surface area contributed by atoms with Gasteiger partial charge in [-0.1, -0.05) is 15.9 Å². The second-order valence-corrected chi connectivity index (χ2v) is 4.30. The van der Waals surface area contributed by atoms with Gasteiger partial charge in [-0.25, -0.2) is 0 Å². The summed E-state index contributed by atoms with van der Waals surface area (Å²) < 4.78 is 10.3. The van der Waals surface area contributed by atoms with Gasteiger partial charge in [0.1, 0.15) is 5.41 Å². The van der Waals surface area contributed by atoms with Gasteiger partial charge in [-0.2, -0.15) is 0 Å². The maximum absolute atomic E-state index is 5.14. The summed E-state index contributed by atoms with van der Waals surface area (Å²) in [6.07, 6.45) is 0.923. The fourth-order valence-corrected chi connectivity index (χ4v) is 2.16. The van der Waals surface area contributed by atoms with E-state index in [1.165, 1.54) is 0 Å². The van der Waals surface area contributed by atoms with Gasteiger partial charge in [0.25, 0.3) is 0 Å². The highest BCUT2D eigenvalue weighted by Gasteiger charge is 2.20. The van der Waals surface area contributed by atoms with Crippen LogP contribution in [0.4, 0.5) is 0 Å². The molecule has 0 spiro atoms. The summed E-state index contributed by atoms with van der Waals surface area (Å²) >= 11 is 3.33. The SMILES string of the molecule is COC([SiH3])(CCBr)OC. The number of hydrogen-bond acceptors (Lipinski definition) is 2. The van der Waals surface area contributed by atoms with Gasteiger partial charge in [0.2, 0.25) is 0 Å². The molecule has 0 aliphatic carbocycles. The molecule has 0 N–H and O–H groups in total.